The minimum absolute atomic E-state index is 0.0573. The SMILES string of the molecule is O=C1CCCc2cc(C(O)c3ccoc3)ccc2N1. The van der Waals surface area contributed by atoms with Gasteiger partial charge in [-0.1, -0.05) is 12.1 Å². The summed E-state index contributed by atoms with van der Waals surface area (Å²) in [5.74, 6) is 0.0573. The highest BCUT2D eigenvalue weighted by atomic mass is 16.3. The number of hydrogen-bond donors (Lipinski definition) is 2. The zero-order valence-electron chi connectivity index (χ0n) is 10.4. The Kier molecular flexibility index (Phi) is 3.09. The summed E-state index contributed by atoms with van der Waals surface area (Å²) in [7, 11) is 0. The number of hydrogen-bond acceptors (Lipinski definition) is 3. The fourth-order valence-electron chi connectivity index (χ4n) is 2.39. The van der Waals surface area contributed by atoms with Gasteiger partial charge in [-0.15, -0.1) is 0 Å². The summed E-state index contributed by atoms with van der Waals surface area (Å²) >= 11 is 0. The number of anilines is 1. The van der Waals surface area contributed by atoms with E-state index in [1.54, 1.807) is 12.3 Å². The molecule has 1 aliphatic heterocycles. The van der Waals surface area contributed by atoms with Crippen molar-refractivity contribution in [3.63, 3.8) is 0 Å². The summed E-state index contributed by atoms with van der Waals surface area (Å²) in [5, 5.41) is 13.1. The molecule has 1 atom stereocenters. The molecule has 0 radical (unpaired) electrons. The third kappa shape index (κ3) is 2.39. The number of carbonyl (C=O) groups is 1. The molecule has 0 spiro atoms. The lowest BCUT2D eigenvalue weighted by molar-refractivity contribution is -0.116. The van der Waals surface area contributed by atoms with Crippen molar-refractivity contribution in [1.29, 1.82) is 0 Å². The Morgan fingerprint density at radius 2 is 2.11 bits per heavy atom. The quantitative estimate of drug-likeness (QED) is 0.869. The second kappa shape index (κ2) is 4.90. The first-order chi connectivity index (χ1) is 9.24. The first-order valence-corrected chi connectivity index (χ1v) is 6.37. The smallest absolute Gasteiger partial charge is 0.224 e. The Morgan fingerprint density at radius 1 is 1.21 bits per heavy atom. The van der Waals surface area contributed by atoms with Crippen LogP contribution in [0.15, 0.2) is 41.2 Å². The van der Waals surface area contributed by atoms with Crippen molar-refractivity contribution in [2.24, 2.45) is 0 Å². The number of aliphatic hydroxyl groups is 1. The monoisotopic (exact) mass is 257 g/mol. The molecule has 0 aliphatic carbocycles. The Balaban J connectivity index is 1.93. The topological polar surface area (TPSA) is 62.5 Å². The second-order valence-corrected chi connectivity index (χ2v) is 4.78. The molecule has 0 saturated carbocycles. The fraction of sp³-hybridized carbons (Fsp3) is 0.267. The lowest BCUT2D eigenvalue weighted by atomic mass is 9.99. The molecule has 4 heteroatoms. The maximum absolute atomic E-state index is 11.5. The standard InChI is InChI=1S/C15H15NO3/c17-14-3-1-2-10-8-11(4-5-13(10)16-14)15(18)12-6-7-19-9-12/h4-9,15,18H,1-3H2,(H,16,17). The van der Waals surface area contributed by atoms with E-state index in [2.05, 4.69) is 5.32 Å². The molecule has 98 valence electrons. The van der Waals surface area contributed by atoms with Gasteiger partial charge in [-0.2, -0.15) is 0 Å². The van der Waals surface area contributed by atoms with E-state index >= 15 is 0 Å². The van der Waals surface area contributed by atoms with Crippen LogP contribution in [0.4, 0.5) is 5.69 Å². The van der Waals surface area contributed by atoms with Gasteiger partial charge >= 0.3 is 0 Å². The number of rotatable bonds is 2. The average Bonchev–Trinajstić information content (AvgIpc) is 2.87. The molecule has 2 N–H and O–H groups in total. The van der Waals surface area contributed by atoms with Gasteiger partial charge in [0.2, 0.25) is 5.91 Å². The van der Waals surface area contributed by atoms with Crippen LogP contribution in [-0.2, 0) is 11.2 Å². The van der Waals surface area contributed by atoms with Crippen LogP contribution in [0.3, 0.4) is 0 Å². The summed E-state index contributed by atoms with van der Waals surface area (Å²) < 4.78 is 4.99. The van der Waals surface area contributed by atoms with Crippen molar-refractivity contribution < 1.29 is 14.3 Å². The van der Waals surface area contributed by atoms with Crippen LogP contribution in [0.25, 0.3) is 0 Å². The summed E-state index contributed by atoms with van der Waals surface area (Å²) in [6.07, 6.45) is 4.63. The van der Waals surface area contributed by atoms with E-state index in [0.717, 1.165) is 35.2 Å². The van der Waals surface area contributed by atoms with Gasteiger partial charge in [-0.25, -0.2) is 0 Å². The van der Waals surface area contributed by atoms with Gasteiger partial charge in [0.1, 0.15) is 6.10 Å². The highest BCUT2D eigenvalue weighted by Gasteiger charge is 2.16. The van der Waals surface area contributed by atoms with Gasteiger partial charge in [0.15, 0.2) is 0 Å². The van der Waals surface area contributed by atoms with Crippen molar-refractivity contribution in [3.05, 3.63) is 53.5 Å². The van der Waals surface area contributed by atoms with E-state index < -0.39 is 6.10 Å². The van der Waals surface area contributed by atoms with E-state index in [4.69, 9.17) is 4.42 Å². The van der Waals surface area contributed by atoms with Crippen LogP contribution in [-0.4, -0.2) is 11.0 Å². The van der Waals surface area contributed by atoms with Gasteiger partial charge in [-0.3, -0.25) is 4.79 Å². The van der Waals surface area contributed by atoms with Gasteiger partial charge in [0.05, 0.1) is 12.5 Å². The van der Waals surface area contributed by atoms with Crippen LogP contribution in [0.1, 0.15) is 35.6 Å². The van der Waals surface area contributed by atoms with Gasteiger partial charge in [0.25, 0.3) is 0 Å². The highest BCUT2D eigenvalue weighted by molar-refractivity contribution is 5.92. The lowest BCUT2D eigenvalue weighted by Crippen LogP contribution is -2.09. The number of benzene rings is 1. The maximum Gasteiger partial charge on any atom is 0.224 e. The fourth-order valence-corrected chi connectivity index (χ4v) is 2.39. The largest absolute Gasteiger partial charge is 0.472 e. The number of aliphatic hydroxyl groups excluding tert-OH is 1. The molecule has 1 aromatic heterocycles. The molecule has 0 fully saturated rings. The van der Waals surface area contributed by atoms with Gasteiger partial charge in [-0.05, 0) is 36.1 Å². The molecule has 1 amide bonds. The first kappa shape index (κ1) is 12.0. The Bertz CT molecular complexity index is 589. The minimum atomic E-state index is -0.692. The van der Waals surface area contributed by atoms with Crippen LogP contribution >= 0.6 is 0 Å². The summed E-state index contributed by atoms with van der Waals surface area (Å²) in [5.41, 5.74) is 3.48. The van der Waals surface area contributed by atoms with E-state index in [1.165, 1.54) is 6.26 Å². The van der Waals surface area contributed by atoms with E-state index in [-0.39, 0.29) is 5.91 Å². The highest BCUT2D eigenvalue weighted by Crippen LogP contribution is 2.28. The van der Waals surface area contributed by atoms with Crippen molar-refractivity contribution in [2.45, 2.75) is 25.4 Å². The molecule has 1 aromatic carbocycles. The number of amides is 1. The molecule has 2 heterocycles. The molecular formula is C15H15NO3. The maximum atomic E-state index is 11.5. The third-order valence-electron chi connectivity index (χ3n) is 3.43. The molecule has 3 rings (SSSR count). The Hall–Kier alpha value is -2.07. The zero-order valence-corrected chi connectivity index (χ0v) is 10.4. The van der Waals surface area contributed by atoms with Crippen molar-refractivity contribution >= 4 is 11.6 Å². The summed E-state index contributed by atoms with van der Waals surface area (Å²) in [4.78, 5) is 11.5. The van der Waals surface area contributed by atoms with Crippen LogP contribution in [0, 0.1) is 0 Å². The van der Waals surface area contributed by atoms with Crippen molar-refractivity contribution in [3.8, 4) is 0 Å². The summed E-state index contributed by atoms with van der Waals surface area (Å²) in [6, 6.07) is 7.40. The predicted molar refractivity (Wildman–Crippen MR) is 70.8 cm³/mol. The lowest BCUT2D eigenvalue weighted by Gasteiger charge is -2.13. The molecule has 19 heavy (non-hydrogen) atoms. The van der Waals surface area contributed by atoms with Gasteiger partial charge < -0.3 is 14.8 Å². The molecule has 0 bridgehead atoms. The van der Waals surface area contributed by atoms with Crippen molar-refractivity contribution in [2.75, 3.05) is 5.32 Å². The van der Waals surface area contributed by atoms with Crippen LogP contribution in [0.2, 0.25) is 0 Å². The number of aryl methyl sites for hydroxylation is 1. The van der Waals surface area contributed by atoms with Crippen molar-refractivity contribution in [1.82, 2.24) is 0 Å². The Labute approximate surface area is 111 Å². The predicted octanol–water partition coefficient (Wildman–Crippen LogP) is 2.64. The first-order valence-electron chi connectivity index (χ1n) is 6.37. The molecule has 1 aliphatic rings. The van der Waals surface area contributed by atoms with Crippen LogP contribution in [0.5, 0.6) is 0 Å². The zero-order chi connectivity index (χ0) is 13.2. The third-order valence-corrected chi connectivity index (χ3v) is 3.43. The summed E-state index contributed by atoms with van der Waals surface area (Å²) in [6.45, 7) is 0. The molecule has 1 unspecified atom stereocenters. The molecular weight excluding hydrogens is 242 g/mol. The van der Waals surface area contributed by atoms with E-state index in [1.807, 2.05) is 18.2 Å². The second-order valence-electron chi connectivity index (χ2n) is 4.78. The minimum Gasteiger partial charge on any atom is -0.472 e. The number of fused-ring (bicyclic) bond motifs is 1. The number of carbonyl (C=O) groups excluding carboxylic acids is 1. The normalized spacial score (nSPS) is 16.4. The molecule has 4 nitrogen and oxygen atoms in total. The molecule has 0 saturated heterocycles. The molecule has 2 aromatic rings. The number of nitrogens with one attached hydrogen (secondary N) is 1. The Morgan fingerprint density at radius 3 is 2.89 bits per heavy atom. The van der Waals surface area contributed by atoms with E-state index in [9.17, 15) is 9.90 Å². The average molecular weight is 257 g/mol. The van der Waals surface area contributed by atoms with Crippen LogP contribution < -0.4 is 5.32 Å². The van der Waals surface area contributed by atoms with E-state index in [0.29, 0.717) is 6.42 Å². The van der Waals surface area contributed by atoms with Gasteiger partial charge in [0, 0.05) is 17.7 Å². The number of furan rings is 1.